The molecule has 0 aliphatic carbocycles. The highest BCUT2D eigenvalue weighted by atomic mass is 32.2. The number of benzene rings is 1. The first kappa shape index (κ1) is 11.6. The van der Waals surface area contributed by atoms with E-state index in [2.05, 4.69) is 4.99 Å². The summed E-state index contributed by atoms with van der Waals surface area (Å²) >= 11 is 1.30. The maximum atomic E-state index is 7.08. The lowest BCUT2D eigenvalue weighted by Crippen LogP contribution is -2.04. The van der Waals surface area contributed by atoms with Gasteiger partial charge in [-0.15, -0.1) is 0 Å². The highest BCUT2D eigenvalue weighted by Gasteiger charge is 1.96. The molecule has 80 valence electrons. The summed E-state index contributed by atoms with van der Waals surface area (Å²) < 4.78 is 0. The monoisotopic (exact) mass is 222 g/mol. The maximum Gasteiger partial charge on any atom is 0.151 e. The Labute approximate surface area is 93.3 Å². The molecule has 0 spiro atoms. The van der Waals surface area contributed by atoms with Gasteiger partial charge >= 0.3 is 0 Å². The van der Waals surface area contributed by atoms with Crippen molar-refractivity contribution in [2.24, 2.45) is 16.5 Å². The molecule has 15 heavy (non-hydrogen) atoms. The molecule has 0 atom stereocenters. The molecule has 0 saturated carbocycles. The van der Waals surface area contributed by atoms with E-state index >= 15 is 0 Å². The van der Waals surface area contributed by atoms with E-state index in [9.17, 15) is 0 Å². The molecule has 1 rings (SSSR count). The van der Waals surface area contributed by atoms with Gasteiger partial charge in [-0.1, -0.05) is 23.9 Å². The largest absolute Gasteiger partial charge is 0.387 e. The number of nitrogens with one attached hydrogen (secondary N) is 1. The van der Waals surface area contributed by atoms with E-state index in [1.165, 1.54) is 11.8 Å². The average Bonchev–Trinajstić information content (AvgIpc) is 2.16. The van der Waals surface area contributed by atoms with Gasteiger partial charge in [0.1, 0.15) is 0 Å². The van der Waals surface area contributed by atoms with E-state index in [0.717, 1.165) is 11.3 Å². The molecule has 0 bridgehead atoms. The van der Waals surface area contributed by atoms with Gasteiger partial charge in [0, 0.05) is 5.75 Å². The molecule has 0 aromatic heterocycles. The summed E-state index contributed by atoms with van der Waals surface area (Å²) in [6, 6.07) is 7.70. The molecular weight excluding hydrogens is 208 g/mol. The normalized spacial score (nSPS) is 11.4. The lowest BCUT2D eigenvalue weighted by molar-refractivity contribution is 1.38. The van der Waals surface area contributed by atoms with Crippen LogP contribution < -0.4 is 11.5 Å². The van der Waals surface area contributed by atoms with Crippen LogP contribution in [-0.2, 0) is 5.75 Å². The van der Waals surface area contributed by atoms with Gasteiger partial charge < -0.3 is 11.5 Å². The molecular formula is C10H14N4S. The van der Waals surface area contributed by atoms with Crippen LogP contribution in [0.2, 0.25) is 0 Å². The van der Waals surface area contributed by atoms with Gasteiger partial charge in [-0.2, -0.15) is 0 Å². The fourth-order valence-electron chi connectivity index (χ4n) is 1.03. The molecule has 5 N–H and O–H groups in total. The van der Waals surface area contributed by atoms with Crippen molar-refractivity contribution >= 4 is 28.5 Å². The van der Waals surface area contributed by atoms with Crippen LogP contribution in [0.4, 0.5) is 5.69 Å². The summed E-state index contributed by atoms with van der Waals surface area (Å²) in [5.41, 5.74) is 12.7. The number of hydrogen-bond donors (Lipinski definition) is 3. The van der Waals surface area contributed by atoms with E-state index in [1.807, 2.05) is 24.3 Å². The van der Waals surface area contributed by atoms with E-state index < -0.39 is 0 Å². The van der Waals surface area contributed by atoms with Gasteiger partial charge in [-0.3, -0.25) is 5.41 Å². The first-order valence-corrected chi connectivity index (χ1v) is 5.43. The Balaban J connectivity index is 2.64. The Morgan fingerprint density at radius 3 is 2.40 bits per heavy atom. The van der Waals surface area contributed by atoms with Gasteiger partial charge in [-0.25, -0.2) is 4.99 Å². The van der Waals surface area contributed by atoms with Gasteiger partial charge in [0.2, 0.25) is 0 Å². The van der Waals surface area contributed by atoms with Crippen LogP contribution in [0, 0.1) is 5.41 Å². The highest BCUT2D eigenvalue weighted by molar-refractivity contribution is 8.13. The molecule has 0 aliphatic rings. The van der Waals surface area contributed by atoms with Crippen LogP contribution in [0.3, 0.4) is 0 Å². The van der Waals surface area contributed by atoms with Crippen molar-refractivity contribution < 1.29 is 0 Å². The summed E-state index contributed by atoms with van der Waals surface area (Å²) in [6.45, 7) is 1.75. The minimum atomic E-state index is 0.134. The molecule has 0 unspecified atom stereocenters. The molecule has 4 nitrogen and oxygen atoms in total. The fourth-order valence-corrected chi connectivity index (χ4v) is 1.55. The van der Waals surface area contributed by atoms with Gasteiger partial charge in [0.25, 0.3) is 0 Å². The highest BCUT2D eigenvalue weighted by Crippen LogP contribution is 2.16. The third kappa shape index (κ3) is 4.51. The summed E-state index contributed by atoms with van der Waals surface area (Å²) in [4.78, 5) is 4.12. The van der Waals surface area contributed by atoms with Crippen molar-refractivity contribution in [3.63, 3.8) is 0 Å². The Morgan fingerprint density at radius 2 is 1.93 bits per heavy atom. The van der Waals surface area contributed by atoms with Crippen molar-refractivity contribution in [3.8, 4) is 0 Å². The summed E-state index contributed by atoms with van der Waals surface area (Å²) in [7, 11) is 0. The van der Waals surface area contributed by atoms with Crippen LogP contribution in [0.1, 0.15) is 12.5 Å². The SMILES string of the molecule is CC(N)=Nc1ccc(CSC(=N)N)cc1. The van der Waals surface area contributed by atoms with E-state index in [-0.39, 0.29) is 5.17 Å². The lowest BCUT2D eigenvalue weighted by atomic mass is 10.2. The number of nitrogens with two attached hydrogens (primary N) is 2. The minimum absolute atomic E-state index is 0.134. The molecule has 5 heteroatoms. The number of thioether (sulfide) groups is 1. The smallest absolute Gasteiger partial charge is 0.151 e. The predicted molar refractivity (Wildman–Crippen MR) is 66.6 cm³/mol. The van der Waals surface area contributed by atoms with Crippen molar-refractivity contribution in [1.29, 1.82) is 5.41 Å². The summed E-state index contributed by atoms with van der Waals surface area (Å²) in [5, 5.41) is 7.21. The lowest BCUT2D eigenvalue weighted by Gasteiger charge is -2.00. The molecule has 0 heterocycles. The molecule has 0 fully saturated rings. The number of rotatable bonds is 3. The van der Waals surface area contributed by atoms with E-state index in [1.54, 1.807) is 6.92 Å². The molecule has 1 aromatic rings. The second-order valence-corrected chi connectivity index (χ2v) is 4.09. The summed E-state index contributed by atoms with van der Waals surface area (Å²) in [6.07, 6.45) is 0. The van der Waals surface area contributed by atoms with Crippen LogP contribution in [0.15, 0.2) is 29.3 Å². The van der Waals surface area contributed by atoms with Gasteiger partial charge in [-0.05, 0) is 24.6 Å². The molecule has 0 radical (unpaired) electrons. The van der Waals surface area contributed by atoms with Crippen LogP contribution in [-0.4, -0.2) is 11.0 Å². The van der Waals surface area contributed by atoms with Gasteiger partial charge in [0.15, 0.2) is 5.17 Å². The molecule has 0 amide bonds. The van der Waals surface area contributed by atoms with Crippen molar-refractivity contribution in [2.75, 3.05) is 0 Å². The molecule has 1 aromatic carbocycles. The van der Waals surface area contributed by atoms with Crippen molar-refractivity contribution in [2.45, 2.75) is 12.7 Å². The van der Waals surface area contributed by atoms with Crippen molar-refractivity contribution in [1.82, 2.24) is 0 Å². The Hall–Kier alpha value is -1.49. The Kier molecular flexibility index (Phi) is 4.17. The average molecular weight is 222 g/mol. The van der Waals surface area contributed by atoms with E-state index in [4.69, 9.17) is 16.9 Å². The molecule has 0 aliphatic heterocycles. The van der Waals surface area contributed by atoms with Crippen LogP contribution >= 0.6 is 11.8 Å². The Morgan fingerprint density at radius 1 is 1.33 bits per heavy atom. The number of amidine groups is 2. The standard InChI is InChI=1S/C10H14N4S/c1-7(11)14-9-4-2-8(3-5-9)6-15-10(12)13/h2-5H,6H2,1H3,(H2,11,14)(H3,12,13). The quantitative estimate of drug-likeness (QED) is 0.538. The zero-order valence-electron chi connectivity index (χ0n) is 8.53. The molecule has 0 saturated heterocycles. The van der Waals surface area contributed by atoms with Crippen molar-refractivity contribution in [3.05, 3.63) is 29.8 Å². The zero-order chi connectivity index (χ0) is 11.3. The Bertz CT molecular complexity index is 366. The number of nitrogens with zero attached hydrogens (tertiary/aromatic N) is 1. The van der Waals surface area contributed by atoms with Gasteiger partial charge in [0.05, 0.1) is 11.5 Å². The summed E-state index contributed by atoms with van der Waals surface area (Å²) in [5.74, 6) is 1.25. The first-order valence-electron chi connectivity index (χ1n) is 4.44. The first-order chi connectivity index (χ1) is 7.08. The minimum Gasteiger partial charge on any atom is -0.387 e. The third-order valence-corrected chi connectivity index (χ3v) is 2.42. The number of hydrogen-bond acceptors (Lipinski definition) is 3. The number of aliphatic imine (C=N–C) groups is 1. The second-order valence-electron chi connectivity index (χ2n) is 3.07. The van der Waals surface area contributed by atoms with Crippen LogP contribution in [0.25, 0.3) is 0 Å². The van der Waals surface area contributed by atoms with Crippen LogP contribution in [0.5, 0.6) is 0 Å². The topological polar surface area (TPSA) is 88.2 Å². The predicted octanol–water partition coefficient (Wildman–Crippen LogP) is 1.82. The third-order valence-electron chi connectivity index (χ3n) is 1.64. The zero-order valence-corrected chi connectivity index (χ0v) is 9.34. The fraction of sp³-hybridized carbons (Fsp3) is 0.200. The second kappa shape index (κ2) is 5.41. The maximum absolute atomic E-state index is 7.08. The van der Waals surface area contributed by atoms with E-state index in [0.29, 0.717) is 11.6 Å².